The molecule has 0 spiro atoms. The highest BCUT2D eigenvalue weighted by Crippen LogP contribution is 2.37. The minimum Gasteiger partial charge on any atom is -0.354 e. The molecule has 0 saturated carbocycles. The van der Waals surface area contributed by atoms with E-state index in [4.69, 9.17) is 10.1 Å². The lowest BCUT2D eigenvalue weighted by molar-refractivity contribution is -0.136. The summed E-state index contributed by atoms with van der Waals surface area (Å²) in [7, 11) is 0. The fraction of sp³-hybridized carbons (Fsp3) is 0.308. The zero-order chi connectivity index (χ0) is 37.1. The number of amides is 4. The number of piperazine rings is 1. The molecule has 4 aliphatic rings. The predicted molar refractivity (Wildman–Crippen MR) is 200 cm³/mol. The standard InChI is InChI=1S/C39H35BrFN9O4/c40-36-24(9-10-26-35(36)39(54)49(38(26)53)29-11-14-34(51)44-37(29)52)22-46-16-18-47(19-17-46)32-8-2-6-27(43-32)30-21-42-31-12-13-33(45-50(30)31)48-15-3-7-28(48)23-4-1-5-25(41)20-23/h1-2,4-6,8-10,12-13,20-21,28-29H,3,7,11,14-19,22H2,(H,44,51,52)/t28-,29?/m1/s1. The second-order valence-corrected chi connectivity index (χ2v) is 14.9. The third kappa shape index (κ3) is 6.00. The predicted octanol–water partition coefficient (Wildman–Crippen LogP) is 4.76. The quantitative estimate of drug-likeness (QED) is 0.230. The van der Waals surface area contributed by atoms with E-state index in [-0.39, 0.29) is 35.8 Å². The Morgan fingerprint density at radius 3 is 2.50 bits per heavy atom. The van der Waals surface area contributed by atoms with E-state index in [9.17, 15) is 23.6 Å². The number of nitrogens with one attached hydrogen (secondary N) is 1. The first-order valence-electron chi connectivity index (χ1n) is 18.1. The molecule has 2 atom stereocenters. The number of fused-ring (bicyclic) bond motifs is 2. The first kappa shape index (κ1) is 34.2. The molecular weight excluding hydrogens is 757 g/mol. The number of carbonyl (C=O) groups is 4. The van der Waals surface area contributed by atoms with Gasteiger partial charge < -0.3 is 9.80 Å². The molecule has 3 saturated heterocycles. The molecule has 1 N–H and O–H groups in total. The number of carbonyl (C=O) groups excluding carboxylic acids is 4. The van der Waals surface area contributed by atoms with Gasteiger partial charge in [-0.25, -0.2) is 18.9 Å². The summed E-state index contributed by atoms with van der Waals surface area (Å²) in [6, 6.07) is 19.2. The van der Waals surface area contributed by atoms with Crippen molar-refractivity contribution in [3.8, 4) is 11.4 Å². The molecule has 15 heteroatoms. The molecule has 274 valence electrons. The van der Waals surface area contributed by atoms with Crippen molar-refractivity contribution in [2.24, 2.45) is 0 Å². The molecule has 0 aliphatic carbocycles. The number of benzene rings is 2. The van der Waals surface area contributed by atoms with Crippen LogP contribution in [0.25, 0.3) is 17.0 Å². The van der Waals surface area contributed by atoms with E-state index in [1.165, 1.54) is 6.07 Å². The summed E-state index contributed by atoms with van der Waals surface area (Å²) in [5, 5.41) is 7.24. The maximum absolute atomic E-state index is 14.1. The Bertz CT molecular complexity index is 2360. The third-order valence-corrected chi connectivity index (χ3v) is 11.7. The Balaban J connectivity index is 0.885. The molecule has 1 unspecified atom stereocenters. The Morgan fingerprint density at radius 1 is 0.852 bits per heavy atom. The summed E-state index contributed by atoms with van der Waals surface area (Å²) < 4.78 is 16.5. The maximum Gasteiger partial charge on any atom is 0.263 e. The van der Waals surface area contributed by atoms with Crippen LogP contribution >= 0.6 is 15.9 Å². The van der Waals surface area contributed by atoms with Crippen molar-refractivity contribution in [1.82, 2.24) is 34.7 Å². The number of nitrogens with zero attached hydrogens (tertiary/aromatic N) is 8. The van der Waals surface area contributed by atoms with Crippen LogP contribution in [0.15, 0.2) is 77.4 Å². The molecule has 13 nitrogen and oxygen atoms in total. The van der Waals surface area contributed by atoms with Gasteiger partial charge >= 0.3 is 0 Å². The van der Waals surface area contributed by atoms with Crippen molar-refractivity contribution in [2.45, 2.75) is 44.3 Å². The van der Waals surface area contributed by atoms with Gasteiger partial charge in [0.25, 0.3) is 11.8 Å². The van der Waals surface area contributed by atoms with E-state index in [1.54, 1.807) is 24.4 Å². The van der Waals surface area contributed by atoms with Gasteiger partial charge in [-0.15, -0.1) is 5.10 Å². The summed E-state index contributed by atoms with van der Waals surface area (Å²) in [5.74, 6) is -0.684. The SMILES string of the molecule is O=C1CCC(N2C(=O)c3ccc(CN4CCN(c5cccc(-c6cnc7ccc(N8CCC[C@@H]8c8cccc(F)c8)nn67)n5)CC4)c(Br)c3C2=O)C(=O)N1. The average Bonchev–Trinajstić information content (AvgIpc) is 3.90. The highest BCUT2D eigenvalue weighted by atomic mass is 79.9. The van der Waals surface area contributed by atoms with Gasteiger partial charge in [-0.3, -0.25) is 34.3 Å². The van der Waals surface area contributed by atoms with E-state index in [2.05, 4.69) is 40.9 Å². The smallest absolute Gasteiger partial charge is 0.263 e. The lowest BCUT2D eigenvalue weighted by atomic mass is 10.0. The summed E-state index contributed by atoms with van der Waals surface area (Å²) in [5.41, 5.74) is 4.55. The van der Waals surface area contributed by atoms with Gasteiger partial charge in [0.05, 0.1) is 29.1 Å². The largest absolute Gasteiger partial charge is 0.354 e. The number of aromatic nitrogens is 4. The van der Waals surface area contributed by atoms with Crippen LogP contribution < -0.4 is 15.1 Å². The first-order valence-corrected chi connectivity index (χ1v) is 18.9. The molecule has 7 heterocycles. The number of hydrogen-bond donors (Lipinski definition) is 1. The zero-order valence-corrected chi connectivity index (χ0v) is 30.7. The van der Waals surface area contributed by atoms with E-state index in [0.717, 1.165) is 84.6 Å². The lowest BCUT2D eigenvalue weighted by Gasteiger charge is -2.35. The van der Waals surface area contributed by atoms with E-state index < -0.39 is 29.7 Å². The van der Waals surface area contributed by atoms with Crippen molar-refractivity contribution in [1.29, 1.82) is 0 Å². The van der Waals surface area contributed by atoms with Crippen molar-refractivity contribution in [2.75, 3.05) is 42.5 Å². The highest BCUT2D eigenvalue weighted by molar-refractivity contribution is 9.10. The number of imide groups is 2. The summed E-state index contributed by atoms with van der Waals surface area (Å²) >= 11 is 3.61. The van der Waals surface area contributed by atoms with Gasteiger partial charge in [0.15, 0.2) is 5.65 Å². The van der Waals surface area contributed by atoms with Crippen molar-refractivity contribution in [3.05, 3.63) is 105 Å². The highest BCUT2D eigenvalue weighted by Gasteiger charge is 2.46. The molecule has 0 bridgehead atoms. The van der Waals surface area contributed by atoms with Crippen LogP contribution in [-0.4, -0.2) is 91.8 Å². The van der Waals surface area contributed by atoms with Crippen LogP contribution in [0.3, 0.4) is 0 Å². The molecular formula is C39H35BrFN9O4. The van der Waals surface area contributed by atoms with Crippen molar-refractivity contribution in [3.63, 3.8) is 0 Å². The minimum atomic E-state index is -1.01. The topological polar surface area (TPSA) is 136 Å². The van der Waals surface area contributed by atoms with Crippen LogP contribution in [0.2, 0.25) is 0 Å². The van der Waals surface area contributed by atoms with E-state index in [1.807, 2.05) is 47.0 Å². The van der Waals surface area contributed by atoms with Gasteiger partial charge in [-0.2, -0.15) is 0 Å². The Morgan fingerprint density at radius 2 is 1.69 bits per heavy atom. The number of anilines is 2. The monoisotopic (exact) mass is 791 g/mol. The molecule has 2 aromatic carbocycles. The van der Waals surface area contributed by atoms with Crippen molar-refractivity contribution >= 4 is 56.8 Å². The van der Waals surface area contributed by atoms with Crippen LogP contribution in [0.4, 0.5) is 16.0 Å². The van der Waals surface area contributed by atoms with E-state index >= 15 is 0 Å². The number of imidazole rings is 1. The molecule has 54 heavy (non-hydrogen) atoms. The Kier molecular flexibility index (Phi) is 8.69. The van der Waals surface area contributed by atoms with Gasteiger partial charge in [0, 0.05) is 50.2 Å². The molecule has 3 fully saturated rings. The minimum absolute atomic E-state index is 0.0450. The summed E-state index contributed by atoms with van der Waals surface area (Å²) in [6.45, 7) is 4.33. The van der Waals surface area contributed by atoms with Crippen molar-refractivity contribution < 1.29 is 23.6 Å². The number of rotatable bonds is 7. The second kappa shape index (κ2) is 13.7. The summed E-state index contributed by atoms with van der Waals surface area (Å²) in [6.07, 6.45) is 3.89. The number of hydrogen-bond acceptors (Lipinski definition) is 10. The molecule has 0 radical (unpaired) electrons. The average molecular weight is 793 g/mol. The first-order chi connectivity index (χ1) is 26.2. The lowest BCUT2D eigenvalue weighted by Crippen LogP contribution is -2.54. The zero-order valence-electron chi connectivity index (χ0n) is 29.1. The Labute approximate surface area is 317 Å². The van der Waals surface area contributed by atoms with Crippen LogP contribution in [0.5, 0.6) is 0 Å². The fourth-order valence-corrected chi connectivity index (χ4v) is 8.73. The molecule has 9 rings (SSSR count). The normalized spacial score (nSPS) is 20.7. The number of halogens is 2. The molecule has 3 aromatic heterocycles. The molecule has 4 aliphatic heterocycles. The van der Waals surface area contributed by atoms with Gasteiger partial charge in [0.2, 0.25) is 11.8 Å². The fourth-order valence-electron chi connectivity index (χ4n) is 8.09. The van der Waals surface area contributed by atoms with E-state index in [0.29, 0.717) is 16.7 Å². The van der Waals surface area contributed by atoms with Crippen LogP contribution in [0.1, 0.15) is 63.6 Å². The van der Waals surface area contributed by atoms with Gasteiger partial charge in [0.1, 0.15) is 29.2 Å². The van der Waals surface area contributed by atoms with Gasteiger partial charge in [-0.05, 0) is 88.8 Å². The van der Waals surface area contributed by atoms with Crippen LogP contribution in [-0.2, 0) is 16.1 Å². The Hall–Kier alpha value is -5.54. The molecule has 4 amide bonds. The number of piperidine rings is 1. The maximum atomic E-state index is 14.1. The van der Waals surface area contributed by atoms with Crippen LogP contribution in [0, 0.1) is 5.82 Å². The third-order valence-electron chi connectivity index (χ3n) is 10.8. The number of pyridine rings is 1. The summed E-state index contributed by atoms with van der Waals surface area (Å²) in [4.78, 5) is 68.3. The molecule has 5 aromatic rings. The van der Waals surface area contributed by atoms with Gasteiger partial charge in [-0.1, -0.05) is 24.3 Å². The second-order valence-electron chi connectivity index (χ2n) is 14.1.